The second-order valence-electron chi connectivity index (χ2n) is 5.62. The number of aromatic nitrogens is 3. The molecule has 3 rings (SSSR count). The summed E-state index contributed by atoms with van der Waals surface area (Å²) in [7, 11) is 3.57. The molecule has 0 aliphatic carbocycles. The molecule has 3 heterocycles. The van der Waals surface area contributed by atoms with Crippen LogP contribution < -0.4 is 10.2 Å². The SMILES string of the molecule is CN=C(NCc1nc(C)cs1)N1CCN(c2cnn(C)c2)C(=O)C1.I. The third kappa shape index (κ3) is 4.69. The van der Waals surface area contributed by atoms with Crippen molar-refractivity contribution in [2.24, 2.45) is 12.0 Å². The van der Waals surface area contributed by atoms with Gasteiger partial charge in [-0.3, -0.25) is 14.5 Å². The quantitative estimate of drug-likeness (QED) is 0.411. The van der Waals surface area contributed by atoms with Crippen LogP contribution in [0.2, 0.25) is 0 Å². The summed E-state index contributed by atoms with van der Waals surface area (Å²) in [6, 6.07) is 0. The molecule has 0 unspecified atom stereocenters. The van der Waals surface area contributed by atoms with Crippen molar-refractivity contribution < 1.29 is 4.79 Å². The van der Waals surface area contributed by atoms with E-state index in [1.807, 2.05) is 30.4 Å². The van der Waals surface area contributed by atoms with Crippen molar-refractivity contribution in [2.75, 3.05) is 31.6 Å². The van der Waals surface area contributed by atoms with Gasteiger partial charge in [-0.05, 0) is 6.92 Å². The van der Waals surface area contributed by atoms with Crippen molar-refractivity contribution in [3.63, 3.8) is 0 Å². The summed E-state index contributed by atoms with van der Waals surface area (Å²) in [6.07, 6.45) is 3.57. The van der Waals surface area contributed by atoms with Gasteiger partial charge in [0.15, 0.2) is 5.96 Å². The van der Waals surface area contributed by atoms with Gasteiger partial charge in [0.2, 0.25) is 5.91 Å². The molecule has 2 aromatic rings. The smallest absolute Gasteiger partial charge is 0.246 e. The predicted octanol–water partition coefficient (Wildman–Crippen LogP) is 1.23. The first-order chi connectivity index (χ1) is 11.6. The minimum Gasteiger partial charge on any atom is -0.350 e. The summed E-state index contributed by atoms with van der Waals surface area (Å²) in [6.45, 7) is 4.22. The summed E-state index contributed by atoms with van der Waals surface area (Å²) < 4.78 is 1.70. The van der Waals surface area contributed by atoms with Crippen molar-refractivity contribution in [1.82, 2.24) is 25.0 Å². The fourth-order valence-electron chi connectivity index (χ4n) is 2.65. The highest BCUT2D eigenvalue weighted by molar-refractivity contribution is 14.0. The lowest BCUT2D eigenvalue weighted by Gasteiger charge is -2.35. The molecule has 0 aromatic carbocycles. The van der Waals surface area contributed by atoms with Crippen LogP contribution in [-0.4, -0.2) is 58.2 Å². The Hall–Kier alpha value is -1.69. The molecule has 1 amide bonds. The van der Waals surface area contributed by atoms with Gasteiger partial charge >= 0.3 is 0 Å². The third-order valence-electron chi connectivity index (χ3n) is 3.80. The molecule has 1 N–H and O–H groups in total. The number of amides is 1. The zero-order valence-electron chi connectivity index (χ0n) is 14.5. The van der Waals surface area contributed by atoms with E-state index in [4.69, 9.17) is 0 Å². The maximum Gasteiger partial charge on any atom is 0.246 e. The number of aliphatic imine (C=N–C) groups is 1. The second-order valence-corrected chi connectivity index (χ2v) is 6.57. The summed E-state index contributed by atoms with van der Waals surface area (Å²) in [5.74, 6) is 0.768. The number of rotatable bonds is 3. The van der Waals surface area contributed by atoms with Crippen LogP contribution in [0.15, 0.2) is 22.8 Å². The van der Waals surface area contributed by atoms with Crippen molar-refractivity contribution in [1.29, 1.82) is 0 Å². The highest BCUT2D eigenvalue weighted by Crippen LogP contribution is 2.16. The molecule has 1 saturated heterocycles. The summed E-state index contributed by atoms with van der Waals surface area (Å²) in [5, 5.41) is 10.4. The number of halogens is 1. The van der Waals surface area contributed by atoms with E-state index in [9.17, 15) is 4.79 Å². The van der Waals surface area contributed by atoms with E-state index in [0.717, 1.165) is 28.9 Å². The molecule has 8 nitrogen and oxygen atoms in total. The van der Waals surface area contributed by atoms with E-state index in [-0.39, 0.29) is 29.9 Å². The molecule has 1 aliphatic heterocycles. The van der Waals surface area contributed by atoms with Crippen molar-refractivity contribution >= 4 is 52.9 Å². The third-order valence-corrected chi connectivity index (χ3v) is 4.77. The highest BCUT2D eigenvalue weighted by atomic mass is 127. The molecule has 2 aromatic heterocycles. The van der Waals surface area contributed by atoms with E-state index in [1.165, 1.54) is 0 Å². The van der Waals surface area contributed by atoms with E-state index in [2.05, 4.69) is 20.4 Å². The van der Waals surface area contributed by atoms with Crippen LogP contribution >= 0.6 is 35.3 Å². The van der Waals surface area contributed by atoms with Crippen molar-refractivity contribution in [2.45, 2.75) is 13.5 Å². The first kappa shape index (κ1) is 19.6. The minimum atomic E-state index is 0. The monoisotopic (exact) mass is 475 g/mol. The first-order valence-electron chi connectivity index (χ1n) is 7.72. The Morgan fingerprint density at radius 3 is 2.80 bits per heavy atom. The topological polar surface area (TPSA) is 78.7 Å². The lowest BCUT2D eigenvalue weighted by Crippen LogP contribution is -2.55. The number of carbonyl (C=O) groups is 1. The van der Waals surface area contributed by atoms with E-state index in [1.54, 1.807) is 34.2 Å². The van der Waals surface area contributed by atoms with E-state index >= 15 is 0 Å². The number of aryl methyl sites for hydroxylation is 2. The molecule has 0 radical (unpaired) electrons. The number of anilines is 1. The highest BCUT2D eigenvalue weighted by Gasteiger charge is 2.27. The van der Waals surface area contributed by atoms with Crippen LogP contribution in [0.1, 0.15) is 10.7 Å². The van der Waals surface area contributed by atoms with Crippen LogP contribution in [-0.2, 0) is 18.4 Å². The second kappa shape index (κ2) is 8.61. The summed E-state index contributed by atoms with van der Waals surface area (Å²) >= 11 is 1.62. The minimum absolute atomic E-state index is 0. The first-order valence-corrected chi connectivity index (χ1v) is 8.60. The Kier molecular flexibility index (Phi) is 6.76. The summed E-state index contributed by atoms with van der Waals surface area (Å²) in [4.78, 5) is 24.9. The lowest BCUT2D eigenvalue weighted by molar-refractivity contribution is -0.120. The van der Waals surface area contributed by atoms with Gasteiger partial charge in [-0.1, -0.05) is 0 Å². The molecular weight excluding hydrogens is 453 g/mol. The Morgan fingerprint density at radius 2 is 2.24 bits per heavy atom. The number of nitrogens with zero attached hydrogens (tertiary/aromatic N) is 6. The number of piperazine rings is 1. The number of hydrogen-bond acceptors (Lipinski definition) is 5. The van der Waals surface area contributed by atoms with Gasteiger partial charge in [0.25, 0.3) is 0 Å². The molecule has 0 atom stereocenters. The fourth-order valence-corrected chi connectivity index (χ4v) is 3.36. The van der Waals surface area contributed by atoms with Gasteiger partial charge in [-0.2, -0.15) is 5.10 Å². The summed E-state index contributed by atoms with van der Waals surface area (Å²) in [5.41, 5.74) is 1.86. The number of thiazole rings is 1. The number of hydrogen-bond donors (Lipinski definition) is 1. The fraction of sp³-hybridized carbons (Fsp3) is 0.467. The van der Waals surface area contributed by atoms with Gasteiger partial charge in [0.1, 0.15) is 11.6 Å². The molecule has 1 fully saturated rings. The van der Waals surface area contributed by atoms with Crippen LogP contribution in [0, 0.1) is 6.92 Å². The van der Waals surface area contributed by atoms with E-state index in [0.29, 0.717) is 19.6 Å². The molecule has 1 aliphatic rings. The molecule has 0 spiro atoms. The Bertz CT molecular complexity index is 757. The zero-order chi connectivity index (χ0) is 17.1. The van der Waals surface area contributed by atoms with Crippen LogP contribution in [0.25, 0.3) is 0 Å². The average Bonchev–Trinajstić information content (AvgIpc) is 3.16. The maximum absolute atomic E-state index is 12.5. The van der Waals surface area contributed by atoms with Crippen LogP contribution in [0.5, 0.6) is 0 Å². The van der Waals surface area contributed by atoms with Gasteiger partial charge in [0, 0.05) is 44.5 Å². The molecular formula is C15H22IN7OS. The maximum atomic E-state index is 12.5. The molecule has 25 heavy (non-hydrogen) atoms. The normalized spacial score (nSPS) is 15.3. The van der Waals surface area contributed by atoms with Gasteiger partial charge in [-0.15, -0.1) is 35.3 Å². The van der Waals surface area contributed by atoms with Crippen molar-refractivity contribution in [3.05, 3.63) is 28.5 Å². The Balaban J connectivity index is 0.00000225. The Labute approximate surface area is 168 Å². The van der Waals surface area contributed by atoms with Gasteiger partial charge < -0.3 is 15.1 Å². The standard InChI is InChI=1S/C15H21N7OS.HI/c1-11-10-24-13(19-11)7-17-15(16-2)21-4-5-22(14(23)9-21)12-6-18-20(3)8-12;/h6,8,10H,4-5,7,9H2,1-3H3,(H,16,17);1H. The van der Waals surface area contributed by atoms with Crippen LogP contribution in [0.3, 0.4) is 0 Å². The number of carbonyl (C=O) groups excluding carboxylic acids is 1. The Morgan fingerprint density at radius 1 is 1.44 bits per heavy atom. The molecule has 0 bridgehead atoms. The largest absolute Gasteiger partial charge is 0.350 e. The molecule has 136 valence electrons. The van der Waals surface area contributed by atoms with Gasteiger partial charge in [0.05, 0.1) is 18.4 Å². The zero-order valence-corrected chi connectivity index (χ0v) is 17.6. The average molecular weight is 475 g/mol. The lowest BCUT2D eigenvalue weighted by atomic mass is 10.3. The van der Waals surface area contributed by atoms with Crippen molar-refractivity contribution in [3.8, 4) is 0 Å². The number of guanidine groups is 1. The van der Waals surface area contributed by atoms with E-state index < -0.39 is 0 Å². The molecule has 10 heteroatoms. The number of nitrogens with one attached hydrogen (secondary N) is 1. The van der Waals surface area contributed by atoms with Crippen LogP contribution in [0.4, 0.5) is 5.69 Å². The van der Waals surface area contributed by atoms with Gasteiger partial charge in [-0.25, -0.2) is 4.98 Å². The molecule has 0 saturated carbocycles. The predicted molar refractivity (Wildman–Crippen MR) is 110 cm³/mol.